The van der Waals surface area contributed by atoms with Crippen molar-refractivity contribution in [2.24, 2.45) is 0 Å². The molecular formula is C20H28ClNO3S. The van der Waals surface area contributed by atoms with Crippen LogP contribution in [0.25, 0.3) is 0 Å². The van der Waals surface area contributed by atoms with Crippen LogP contribution in [0.1, 0.15) is 56.9 Å². The Kier molecular flexibility index (Phi) is 9.33. The summed E-state index contributed by atoms with van der Waals surface area (Å²) in [6.45, 7) is 0.815. The van der Waals surface area contributed by atoms with E-state index >= 15 is 0 Å². The van der Waals surface area contributed by atoms with E-state index in [1.807, 2.05) is 30.0 Å². The van der Waals surface area contributed by atoms with Crippen molar-refractivity contribution in [3.05, 3.63) is 34.9 Å². The third kappa shape index (κ3) is 7.58. The average molecular weight is 398 g/mol. The fourth-order valence-corrected chi connectivity index (χ4v) is 4.56. The third-order valence-corrected chi connectivity index (χ3v) is 6.04. The number of carbonyl (C=O) groups excluding carboxylic acids is 1. The number of unbranched alkanes of at least 4 members (excludes halogenated alkanes) is 3. The lowest BCUT2D eigenvalue weighted by atomic mass is 10.1. The van der Waals surface area contributed by atoms with E-state index < -0.39 is 5.97 Å². The summed E-state index contributed by atoms with van der Waals surface area (Å²) >= 11 is 7.90. The van der Waals surface area contributed by atoms with Gasteiger partial charge in [-0.15, -0.1) is 0 Å². The zero-order chi connectivity index (χ0) is 18.8. The maximum absolute atomic E-state index is 12.1. The lowest BCUT2D eigenvalue weighted by Crippen LogP contribution is -2.34. The number of aliphatic carboxylic acids is 1. The predicted molar refractivity (Wildman–Crippen MR) is 108 cm³/mol. The zero-order valence-corrected chi connectivity index (χ0v) is 16.7. The summed E-state index contributed by atoms with van der Waals surface area (Å²) in [5.74, 6) is 1.54. The molecule has 1 N–H and O–H groups in total. The third-order valence-electron chi connectivity index (χ3n) is 4.75. The Labute approximate surface area is 165 Å². The Bertz CT molecular complexity index is 596. The summed E-state index contributed by atoms with van der Waals surface area (Å²) in [5, 5.41) is 9.42. The first-order valence-corrected chi connectivity index (χ1v) is 10.9. The minimum Gasteiger partial charge on any atom is -0.481 e. The van der Waals surface area contributed by atoms with Crippen molar-refractivity contribution in [3.63, 3.8) is 0 Å². The van der Waals surface area contributed by atoms with Gasteiger partial charge in [0.2, 0.25) is 5.91 Å². The predicted octanol–water partition coefficient (Wildman–Crippen LogP) is 4.99. The van der Waals surface area contributed by atoms with E-state index in [-0.39, 0.29) is 12.3 Å². The summed E-state index contributed by atoms with van der Waals surface area (Å²) in [6, 6.07) is 8.33. The van der Waals surface area contributed by atoms with Crippen molar-refractivity contribution in [1.29, 1.82) is 0 Å². The van der Waals surface area contributed by atoms with E-state index in [2.05, 4.69) is 11.0 Å². The molecule has 1 aliphatic rings. The number of carboxylic acids is 1. The van der Waals surface area contributed by atoms with Crippen LogP contribution in [0.2, 0.25) is 5.02 Å². The van der Waals surface area contributed by atoms with Gasteiger partial charge in [0.05, 0.1) is 0 Å². The first-order valence-electron chi connectivity index (χ1n) is 9.39. The van der Waals surface area contributed by atoms with Crippen LogP contribution in [0.4, 0.5) is 0 Å². The molecule has 1 heterocycles. The summed E-state index contributed by atoms with van der Waals surface area (Å²) in [7, 11) is 0. The monoisotopic (exact) mass is 397 g/mol. The average Bonchev–Trinajstić information content (AvgIpc) is 2.95. The Morgan fingerprint density at radius 2 is 2.08 bits per heavy atom. The summed E-state index contributed by atoms with van der Waals surface area (Å²) in [6.07, 6.45) is 6.54. The van der Waals surface area contributed by atoms with Crippen molar-refractivity contribution in [3.8, 4) is 0 Å². The van der Waals surface area contributed by atoms with Crippen molar-refractivity contribution in [2.45, 2.75) is 63.2 Å². The standard InChI is InChI=1S/C20H28ClNO3S/c21-17-7-5-6-16(14-17)15-26-13-11-18-9-10-19(23)22(18)12-4-2-1-3-8-20(24)25/h5-7,14,18H,1-4,8-13,15H2,(H,24,25). The van der Waals surface area contributed by atoms with Gasteiger partial charge < -0.3 is 10.0 Å². The fourth-order valence-electron chi connectivity index (χ4n) is 3.35. The van der Waals surface area contributed by atoms with E-state index in [9.17, 15) is 9.59 Å². The van der Waals surface area contributed by atoms with E-state index in [0.717, 1.165) is 61.6 Å². The Morgan fingerprint density at radius 1 is 1.27 bits per heavy atom. The summed E-state index contributed by atoms with van der Waals surface area (Å²) < 4.78 is 0. The van der Waals surface area contributed by atoms with Gasteiger partial charge in [-0.1, -0.05) is 36.6 Å². The Morgan fingerprint density at radius 3 is 2.85 bits per heavy atom. The molecule has 0 radical (unpaired) electrons. The first-order chi connectivity index (χ1) is 12.6. The van der Waals surface area contributed by atoms with Crippen molar-refractivity contribution in [2.75, 3.05) is 12.3 Å². The molecular weight excluding hydrogens is 370 g/mol. The number of hydrogen-bond donors (Lipinski definition) is 1. The van der Waals surface area contributed by atoms with Gasteiger partial charge in [0.25, 0.3) is 0 Å². The largest absolute Gasteiger partial charge is 0.481 e. The number of amides is 1. The van der Waals surface area contributed by atoms with Crippen LogP contribution in [0.15, 0.2) is 24.3 Å². The number of nitrogens with zero attached hydrogens (tertiary/aromatic N) is 1. The van der Waals surface area contributed by atoms with E-state index in [1.54, 1.807) is 0 Å². The number of carboxylic acid groups (broad SMARTS) is 1. The Hall–Kier alpha value is -1.20. The molecule has 1 unspecified atom stereocenters. The molecule has 0 aliphatic carbocycles. The molecule has 0 bridgehead atoms. The highest BCUT2D eigenvalue weighted by molar-refractivity contribution is 7.98. The highest BCUT2D eigenvalue weighted by Gasteiger charge is 2.29. The highest BCUT2D eigenvalue weighted by Crippen LogP contribution is 2.25. The zero-order valence-electron chi connectivity index (χ0n) is 15.2. The van der Waals surface area contributed by atoms with Gasteiger partial charge in [-0.25, -0.2) is 0 Å². The number of rotatable bonds is 12. The lowest BCUT2D eigenvalue weighted by molar-refractivity contribution is -0.137. The molecule has 26 heavy (non-hydrogen) atoms. The molecule has 1 aromatic rings. The molecule has 0 spiro atoms. The number of halogens is 1. The molecule has 1 atom stereocenters. The topological polar surface area (TPSA) is 57.6 Å². The number of hydrogen-bond acceptors (Lipinski definition) is 3. The van der Waals surface area contributed by atoms with E-state index in [1.165, 1.54) is 5.56 Å². The molecule has 4 nitrogen and oxygen atoms in total. The SMILES string of the molecule is O=C(O)CCCCCCN1C(=O)CCC1CCSCc1cccc(Cl)c1. The van der Waals surface area contributed by atoms with Gasteiger partial charge in [-0.05, 0) is 49.1 Å². The summed E-state index contributed by atoms with van der Waals surface area (Å²) in [5.41, 5.74) is 1.24. The van der Waals surface area contributed by atoms with Crippen LogP contribution < -0.4 is 0 Å². The number of benzene rings is 1. The van der Waals surface area contributed by atoms with Crippen LogP contribution in [0.5, 0.6) is 0 Å². The Balaban J connectivity index is 1.62. The van der Waals surface area contributed by atoms with Crippen LogP contribution in [0, 0.1) is 0 Å². The van der Waals surface area contributed by atoms with Crippen molar-refractivity contribution in [1.82, 2.24) is 4.90 Å². The second-order valence-electron chi connectivity index (χ2n) is 6.81. The molecule has 2 rings (SSSR count). The second kappa shape index (κ2) is 11.5. The van der Waals surface area contributed by atoms with Gasteiger partial charge in [0.15, 0.2) is 0 Å². The molecule has 0 saturated carbocycles. The number of likely N-dealkylation sites (tertiary alicyclic amines) is 1. The van der Waals surface area contributed by atoms with Crippen LogP contribution in [-0.2, 0) is 15.3 Å². The van der Waals surface area contributed by atoms with Crippen LogP contribution in [0.3, 0.4) is 0 Å². The normalized spacial score (nSPS) is 17.0. The second-order valence-corrected chi connectivity index (χ2v) is 8.35. The minimum atomic E-state index is -0.727. The molecule has 0 aromatic heterocycles. The van der Waals surface area contributed by atoms with Gasteiger partial charge in [-0.3, -0.25) is 9.59 Å². The first kappa shape index (κ1) is 21.1. The molecule has 1 aromatic carbocycles. The van der Waals surface area contributed by atoms with Crippen LogP contribution in [-0.4, -0.2) is 40.2 Å². The fraction of sp³-hybridized carbons (Fsp3) is 0.600. The van der Waals surface area contributed by atoms with E-state index in [0.29, 0.717) is 12.5 Å². The van der Waals surface area contributed by atoms with Gasteiger partial charge >= 0.3 is 5.97 Å². The van der Waals surface area contributed by atoms with Crippen LogP contribution >= 0.6 is 23.4 Å². The molecule has 1 amide bonds. The highest BCUT2D eigenvalue weighted by atomic mass is 35.5. The van der Waals surface area contributed by atoms with Gasteiger partial charge in [0, 0.05) is 36.2 Å². The molecule has 6 heteroatoms. The molecule has 1 aliphatic heterocycles. The number of thioether (sulfide) groups is 1. The quantitative estimate of drug-likeness (QED) is 0.505. The summed E-state index contributed by atoms with van der Waals surface area (Å²) in [4.78, 5) is 24.7. The minimum absolute atomic E-state index is 0.245. The maximum atomic E-state index is 12.1. The van der Waals surface area contributed by atoms with Crippen molar-refractivity contribution < 1.29 is 14.7 Å². The smallest absolute Gasteiger partial charge is 0.303 e. The van der Waals surface area contributed by atoms with Gasteiger partial charge in [-0.2, -0.15) is 11.8 Å². The van der Waals surface area contributed by atoms with E-state index in [4.69, 9.17) is 16.7 Å². The van der Waals surface area contributed by atoms with Crippen molar-refractivity contribution >= 4 is 35.2 Å². The lowest BCUT2D eigenvalue weighted by Gasteiger charge is -2.24. The molecule has 1 fully saturated rings. The molecule has 144 valence electrons. The maximum Gasteiger partial charge on any atom is 0.303 e. The molecule has 1 saturated heterocycles. The van der Waals surface area contributed by atoms with Gasteiger partial charge in [0.1, 0.15) is 0 Å². The number of carbonyl (C=O) groups is 2.